The topological polar surface area (TPSA) is 43.8 Å². The summed E-state index contributed by atoms with van der Waals surface area (Å²) in [4.78, 5) is 4.36. The average molecular weight is 236 g/mol. The number of imidazole rings is 1. The molecule has 84 valence electrons. The van der Waals surface area contributed by atoms with Gasteiger partial charge in [-0.3, -0.25) is 0 Å². The maximum absolute atomic E-state index is 6.01. The monoisotopic (exact) mass is 235 g/mol. The van der Waals surface area contributed by atoms with Gasteiger partial charge in [-0.25, -0.2) is 4.98 Å². The first-order chi connectivity index (χ1) is 7.49. The summed E-state index contributed by atoms with van der Waals surface area (Å²) in [7, 11) is 0. The third kappa shape index (κ3) is 1.31. The molecule has 3 rings (SSSR count). The fraction of sp³-hybridized carbons (Fsp3) is 0.417. The van der Waals surface area contributed by atoms with Crippen LogP contribution in [0.3, 0.4) is 0 Å². The van der Waals surface area contributed by atoms with E-state index in [0.717, 1.165) is 22.5 Å². The number of rotatable bonds is 1. The zero-order valence-corrected chi connectivity index (χ0v) is 10.1. The average Bonchev–Trinajstić information content (AvgIpc) is 2.68. The fourth-order valence-corrected chi connectivity index (χ4v) is 2.46. The van der Waals surface area contributed by atoms with Crippen LogP contribution in [0.4, 0.5) is 5.95 Å². The number of nitrogen functional groups attached to an aromatic ring is 1. The molecule has 16 heavy (non-hydrogen) atoms. The lowest BCUT2D eigenvalue weighted by molar-refractivity contribution is 0.553. The molecule has 1 saturated carbocycles. The van der Waals surface area contributed by atoms with Crippen molar-refractivity contribution in [2.75, 3.05) is 5.73 Å². The van der Waals surface area contributed by atoms with Crippen LogP contribution in [0.15, 0.2) is 18.2 Å². The molecule has 1 aliphatic carbocycles. The van der Waals surface area contributed by atoms with E-state index in [9.17, 15) is 0 Å². The molecule has 1 aromatic heterocycles. The number of anilines is 1. The van der Waals surface area contributed by atoms with Gasteiger partial charge >= 0.3 is 0 Å². The van der Waals surface area contributed by atoms with E-state index in [2.05, 4.69) is 23.4 Å². The number of aromatic nitrogens is 2. The van der Waals surface area contributed by atoms with Crippen LogP contribution in [0, 0.1) is 5.41 Å². The number of hydrogen-bond donors (Lipinski definition) is 1. The Bertz CT molecular complexity index is 571. The lowest BCUT2D eigenvalue weighted by atomic mass is 10.2. The first-order valence-corrected chi connectivity index (χ1v) is 5.80. The van der Waals surface area contributed by atoms with Gasteiger partial charge in [-0.05, 0) is 30.0 Å². The van der Waals surface area contributed by atoms with Crippen molar-refractivity contribution in [3.05, 3.63) is 23.2 Å². The van der Waals surface area contributed by atoms with Crippen LogP contribution in [0.1, 0.15) is 26.3 Å². The number of nitrogens with zero attached hydrogens (tertiary/aromatic N) is 2. The second kappa shape index (κ2) is 2.92. The summed E-state index contributed by atoms with van der Waals surface area (Å²) < 4.78 is 2.11. The van der Waals surface area contributed by atoms with E-state index in [4.69, 9.17) is 17.3 Å². The van der Waals surface area contributed by atoms with E-state index < -0.39 is 0 Å². The lowest BCUT2D eigenvalue weighted by Gasteiger charge is -2.08. The Morgan fingerprint density at radius 3 is 2.81 bits per heavy atom. The van der Waals surface area contributed by atoms with Crippen LogP contribution in [0.2, 0.25) is 5.02 Å². The zero-order chi connectivity index (χ0) is 11.5. The minimum atomic E-state index is 0.323. The molecule has 0 saturated heterocycles. The van der Waals surface area contributed by atoms with Gasteiger partial charge in [0.05, 0.1) is 11.0 Å². The second-order valence-corrected chi connectivity index (χ2v) is 5.62. The van der Waals surface area contributed by atoms with E-state index in [1.165, 1.54) is 0 Å². The molecule has 2 aromatic rings. The van der Waals surface area contributed by atoms with Crippen molar-refractivity contribution in [2.24, 2.45) is 5.41 Å². The Labute approximate surface area is 99.2 Å². The first kappa shape index (κ1) is 9.97. The summed E-state index contributed by atoms with van der Waals surface area (Å²) in [6.07, 6.45) is 1.15. The van der Waals surface area contributed by atoms with Gasteiger partial charge in [0.2, 0.25) is 5.95 Å². The van der Waals surface area contributed by atoms with Crippen molar-refractivity contribution < 1.29 is 0 Å². The molecule has 1 atom stereocenters. The molecule has 2 N–H and O–H groups in total. The summed E-state index contributed by atoms with van der Waals surface area (Å²) >= 11 is 6.01. The van der Waals surface area contributed by atoms with Gasteiger partial charge < -0.3 is 10.3 Å². The van der Waals surface area contributed by atoms with E-state index in [-0.39, 0.29) is 0 Å². The maximum Gasteiger partial charge on any atom is 0.201 e. The van der Waals surface area contributed by atoms with Crippen LogP contribution in [-0.4, -0.2) is 9.55 Å². The highest BCUT2D eigenvalue weighted by molar-refractivity contribution is 6.31. The highest BCUT2D eigenvalue weighted by Gasteiger charge is 2.48. The molecule has 1 heterocycles. The van der Waals surface area contributed by atoms with Gasteiger partial charge in [0.25, 0.3) is 0 Å². The van der Waals surface area contributed by atoms with Gasteiger partial charge in [0.1, 0.15) is 0 Å². The number of hydrogen-bond acceptors (Lipinski definition) is 2. The highest BCUT2D eigenvalue weighted by Crippen LogP contribution is 2.57. The van der Waals surface area contributed by atoms with Gasteiger partial charge in [0.15, 0.2) is 0 Å². The number of fused-ring (bicyclic) bond motifs is 1. The largest absolute Gasteiger partial charge is 0.369 e. The molecule has 0 amide bonds. The van der Waals surface area contributed by atoms with Crippen molar-refractivity contribution >= 4 is 28.6 Å². The Kier molecular flexibility index (Phi) is 1.82. The molecule has 3 nitrogen and oxygen atoms in total. The van der Waals surface area contributed by atoms with Gasteiger partial charge in [-0.2, -0.15) is 0 Å². The predicted octanol–water partition coefficient (Wildman–Crippen LogP) is 3.24. The van der Waals surface area contributed by atoms with Gasteiger partial charge in [-0.1, -0.05) is 25.4 Å². The number of halogens is 1. The van der Waals surface area contributed by atoms with Crippen molar-refractivity contribution in [2.45, 2.75) is 26.3 Å². The van der Waals surface area contributed by atoms with Crippen molar-refractivity contribution in [1.29, 1.82) is 0 Å². The fourth-order valence-electron chi connectivity index (χ4n) is 2.29. The molecular formula is C12H14ClN3. The molecule has 1 aromatic carbocycles. The molecule has 0 bridgehead atoms. The normalized spacial score (nSPS) is 22.6. The Morgan fingerprint density at radius 1 is 1.50 bits per heavy atom. The molecule has 4 heteroatoms. The van der Waals surface area contributed by atoms with Crippen molar-refractivity contribution in [3.8, 4) is 0 Å². The van der Waals surface area contributed by atoms with E-state index in [0.29, 0.717) is 17.4 Å². The summed E-state index contributed by atoms with van der Waals surface area (Å²) in [5.74, 6) is 0.591. The van der Waals surface area contributed by atoms with Gasteiger partial charge in [0, 0.05) is 11.1 Å². The molecule has 1 aliphatic rings. The SMILES string of the molecule is CC1(C)CC1n1c(N)nc2ccc(Cl)cc21. The summed E-state index contributed by atoms with van der Waals surface area (Å²) in [5, 5.41) is 0.729. The minimum Gasteiger partial charge on any atom is -0.369 e. The van der Waals surface area contributed by atoms with Gasteiger partial charge in [-0.15, -0.1) is 0 Å². The Morgan fingerprint density at radius 2 is 2.19 bits per heavy atom. The second-order valence-electron chi connectivity index (χ2n) is 5.18. The van der Waals surface area contributed by atoms with Crippen LogP contribution in [0.5, 0.6) is 0 Å². The summed E-state index contributed by atoms with van der Waals surface area (Å²) in [6.45, 7) is 4.49. The molecule has 1 fully saturated rings. The van der Waals surface area contributed by atoms with E-state index in [1.54, 1.807) is 0 Å². The third-order valence-electron chi connectivity index (χ3n) is 3.45. The smallest absolute Gasteiger partial charge is 0.201 e. The summed E-state index contributed by atoms with van der Waals surface area (Å²) in [6, 6.07) is 6.16. The third-order valence-corrected chi connectivity index (χ3v) is 3.69. The molecule has 0 spiro atoms. The Balaban J connectivity index is 2.23. The van der Waals surface area contributed by atoms with E-state index >= 15 is 0 Å². The minimum absolute atomic E-state index is 0.323. The lowest BCUT2D eigenvalue weighted by Crippen LogP contribution is -2.04. The predicted molar refractivity (Wildman–Crippen MR) is 66.6 cm³/mol. The van der Waals surface area contributed by atoms with Crippen LogP contribution in [-0.2, 0) is 0 Å². The maximum atomic E-state index is 6.01. The quantitative estimate of drug-likeness (QED) is 0.825. The number of benzene rings is 1. The molecular weight excluding hydrogens is 222 g/mol. The number of nitrogens with two attached hydrogens (primary N) is 1. The first-order valence-electron chi connectivity index (χ1n) is 5.42. The molecule has 1 unspecified atom stereocenters. The van der Waals surface area contributed by atoms with Crippen LogP contribution < -0.4 is 5.73 Å². The van der Waals surface area contributed by atoms with Crippen molar-refractivity contribution in [1.82, 2.24) is 9.55 Å². The molecule has 0 aliphatic heterocycles. The highest BCUT2D eigenvalue weighted by atomic mass is 35.5. The zero-order valence-electron chi connectivity index (χ0n) is 9.37. The van der Waals surface area contributed by atoms with Crippen LogP contribution >= 0.6 is 11.6 Å². The van der Waals surface area contributed by atoms with Crippen LogP contribution in [0.25, 0.3) is 11.0 Å². The standard InChI is InChI=1S/C12H14ClN3/c1-12(2)6-10(12)16-9-5-7(13)3-4-8(9)15-11(16)14/h3-5,10H,6H2,1-2H3,(H2,14,15). The summed E-state index contributed by atoms with van der Waals surface area (Å²) in [5.41, 5.74) is 8.26. The van der Waals surface area contributed by atoms with E-state index in [1.807, 2.05) is 18.2 Å². The Hall–Kier alpha value is -1.22. The molecule has 0 radical (unpaired) electrons. The van der Waals surface area contributed by atoms with Crippen molar-refractivity contribution in [3.63, 3.8) is 0 Å².